The molecule has 0 saturated carbocycles. The third kappa shape index (κ3) is 9.05. The number of hydrogen-bond donors (Lipinski definition) is 2. The van der Waals surface area contributed by atoms with Crippen LogP contribution in [-0.4, -0.2) is 19.0 Å². The minimum atomic E-state index is -0.519. The minimum absolute atomic E-state index is 0.355. The number of hydroxylamine groups is 1. The third-order valence-electron chi connectivity index (χ3n) is 1.97. The molecule has 0 aromatic carbocycles. The molecule has 0 aliphatic carbocycles. The molecule has 0 heterocycles. The molecule has 0 rings (SSSR count). The average Bonchev–Trinajstić information content (AvgIpc) is 2.25. The lowest BCUT2D eigenvalue weighted by Crippen LogP contribution is -2.34. The summed E-state index contributed by atoms with van der Waals surface area (Å²) in [5.74, 6) is -0.393. The van der Waals surface area contributed by atoms with Gasteiger partial charge in [0.1, 0.15) is 0 Å². The lowest BCUT2D eigenvalue weighted by atomic mass is 10.1. The fourth-order valence-electron chi connectivity index (χ4n) is 1.08. The summed E-state index contributed by atoms with van der Waals surface area (Å²) in [5.41, 5.74) is 1.98. The molecule has 2 amide bonds. The van der Waals surface area contributed by atoms with Crippen molar-refractivity contribution in [2.75, 3.05) is 7.05 Å². The molecule has 5 heteroatoms. The van der Waals surface area contributed by atoms with Gasteiger partial charge < -0.3 is 10.2 Å². The number of unbranched alkanes of at least 4 members (excludes halogenated alkanes) is 4. The predicted octanol–water partition coefficient (Wildman–Crippen LogP) is 1.73. The molecule has 2 N–H and O–H groups in total. The van der Waals surface area contributed by atoms with Gasteiger partial charge in [-0.05, 0) is 6.42 Å². The second-order valence-electron chi connectivity index (χ2n) is 3.32. The molecule has 0 spiro atoms. The van der Waals surface area contributed by atoms with Crippen molar-refractivity contribution in [2.45, 2.75) is 45.4 Å². The monoisotopic (exact) mass is 216 g/mol. The Morgan fingerprint density at radius 2 is 1.80 bits per heavy atom. The molecule has 0 saturated heterocycles. The molecule has 0 aliphatic heterocycles. The van der Waals surface area contributed by atoms with Crippen molar-refractivity contribution in [1.29, 1.82) is 0 Å². The summed E-state index contributed by atoms with van der Waals surface area (Å²) in [6, 6.07) is -0.519. The lowest BCUT2D eigenvalue weighted by molar-refractivity contribution is -0.148. The van der Waals surface area contributed by atoms with Crippen LogP contribution in [-0.2, 0) is 9.63 Å². The van der Waals surface area contributed by atoms with Gasteiger partial charge in [-0.1, -0.05) is 32.6 Å². The second-order valence-corrected chi connectivity index (χ2v) is 3.32. The largest absolute Gasteiger partial charge is 0.347 e. The Morgan fingerprint density at radius 3 is 2.40 bits per heavy atom. The molecular formula is C10H20N2O3. The summed E-state index contributed by atoms with van der Waals surface area (Å²) in [6.45, 7) is 2.14. The zero-order chi connectivity index (χ0) is 11.5. The SMILES string of the molecule is CCCCCCCC(=O)ONC(=O)NC. The quantitative estimate of drug-likeness (QED) is 0.525. The van der Waals surface area contributed by atoms with Crippen molar-refractivity contribution in [2.24, 2.45) is 0 Å². The van der Waals surface area contributed by atoms with Crippen LogP contribution >= 0.6 is 0 Å². The van der Waals surface area contributed by atoms with Crippen LogP contribution in [0.3, 0.4) is 0 Å². The van der Waals surface area contributed by atoms with E-state index in [1.807, 2.05) is 5.48 Å². The normalized spacial score (nSPS) is 9.47. The Morgan fingerprint density at radius 1 is 1.13 bits per heavy atom. The van der Waals surface area contributed by atoms with E-state index >= 15 is 0 Å². The van der Waals surface area contributed by atoms with Crippen molar-refractivity contribution < 1.29 is 14.4 Å². The van der Waals surface area contributed by atoms with Crippen LogP contribution in [0.2, 0.25) is 0 Å². The van der Waals surface area contributed by atoms with Crippen LogP contribution in [0.5, 0.6) is 0 Å². The van der Waals surface area contributed by atoms with E-state index in [9.17, 15) is 9.59 Å². The predicted molar refractivity (Wildman–Crippen MR) is 57.1 cm³/mol. The summed E-state index contributed by atoms with van der Waals surface area (Å²) >= 11 is 0. The molecule has 5 nitrogen and oxygen atoms in total. The van der Waals surface area contributed by atoms with Gasteiger partial charge in [0.25, 0.3) is 0 Å². The van der Waals surface area contributed by atoms with Crippen LogP contribution in [0.4, 0.5) is 4.79 Å². The summed E-state index contributed by atoms with van der Waals surface area (Å²) in [5, 5.41) is 2.28. The van der Waals surface area contributed by atoms with Crippen molar-refractivity contribution >= 4 is 12.0 Å². The fourth-order valence-corrected chi connectivity index (χ4v) is 1.08. The van der Waals surface area contributed by atoms with Crippen molar-refractivity contribution in [1.82, 2.24) is 10.8 Å². The Labute approximate surface area is 90.5 Å². The highest BCUT2D eigenvalue weighted by Gasteiger charge is 2.04. The Bertz CT molecular complexity index is 195. The van der Waals surface area contributed by atoms with Gasteiger partial charge in [0.2, 0.25) is 0 Å². The first kappa shape index (κ1) is 13.7. The number of hydrogen-bond acceptors (Lipinski definition) is 3. The molecule has 0 aromatic heterocycles. The Hall–Kier alpha value is -1.26. The molecule has 0 fully saturated rings. The van der Waals surface area contributed by atoms with E-state index in [0.717, 1.165) is 19.3 Å². The molecule has 0 bridgehead atoms. The van der Waals surface area contributed by atoms with E-state index in [4.69, 9.17) is 0 Å². The van der Waals surface area contributed by atoms with Gasteiger partial charge in [-0.25, -0.2) is 9.59 Å². The molecular weight excluding hydrogens is 196 g/mol. The highest BCUT2D eigenvalue weighted by atomic mass is 16.7. The van der Waals surface area contributed by atoms with E-state index in [1.54, 1.807) is 0 Å². The van der Waals surface area contributed by atoms with Crippen LogP contribution in [0.1, 0.15) is 45.4 Å². The highest BCUT2D eigenvalue weighted by molar-refractivity contribution is 5.76. The molecule has 15 heavy (non-hydrogen) atoms. The fraction of sp³-hybridized carbons (Fsp3) is 0.800. The van der Waals surface area contributed by atoms with Crippen molar-refractivity contribution in [3.8, 4) is 0 Å². The maximum absolute atomic E-state index is 11.0. The van der Waals surface area contributed by atoms with Crippen LogP contribution in [0, 0.1) is 0 Å². The molecule has 0 aromatic rings. The van der Waals surface area contributed by atoms with Crippen molar-refractivity contribution in [3.05, 3.63) is 0 Å². The summed E-state index contributed by atoms with van der Waals surface area (Å²) in [4.78, 5) is 26.2. The lowest BCUT2D eigenvalue weighted by Gasteiger charge is -2.04. The zero-order valence-electron chi connectivity index (χ0n) is 9.47. The number of carbonyl (C=O) groups excluding carboxylic acids is 2. The maximum atomic E-state index is 11.0. The number of rotatable bonds is 6. The standard InChI is InChI=1S/C10H20N2O3/c1-3-4-5-6-7-8-9(13)15-12-10(14)11-2/h3-8H2,1-2H3,(H2,11,12,14). The molecule has 0 atom stereocenters. The summed E-state index contributed by atoms with van der Waals surface area (Å²) in [6.07, 6.45) is 5.73. The zero-order valence-corrected chi connectivity index (χ0v) is 9.47. The molecule has 88 valence electrons. The van der Waals surface area contributed by atoms with Gasteiger partial charge in [0, 0.05) is 13.5 Å². The minimum Gasteiger partial charge on any atom is -0.339 e. The summed E-state index contributed by atoms with van der Waals surface area (Å²) in [7, 11) is 1.45. The topological polar surface area (TPSA) is 67.4 Å². The van der Waals surface area contributed by atoms with Crippen molar-refractivity contribution in [3.63, 3.8) is 0 Å². The molecule has 0 aliphatic rings. The first-order valence-electron chi connectivity index (χ1n) is 5.38. The number of carbonyl (C=O) groups is 2. The van der Waals surface area contributed by atoms with E-state index in [0.29, 0.717) is 6.42 Å². The highest BCUT2D eigenvalue weighted by Crippen LogP contribution is 2.05. The van der Waals surface area contributed by atoms with Gasteiger partial charge in [-0.3, -0.25) is 0 Å². The first-order valence-corrected chi connectivity index (χ1v) is 5.38. The van der Waals surface area contributed by atoms with E-state index in [1.165, 1.54) is 19.9 Å². The van der Waals surface area contributed by atoms with Gasteiger partial charge >= 0.3 is 12.0 Å². The maximum Gasteiger partial charge on any atom is 0.347 e. The molecule has 0 unspecified atom stereocenters. The van der Waals surface area contributed by atoms with Gasteiger partial charge in [0.15, 0.2) is 0 Å². The number of amides is 2. The van der Waals surface area contributed by atoms with Crippen LogP contribution in [0.15, 0.2) is 0 Å². The summed E-state index contributed by atoms with van der Waals surface area (Å²) < 4.78 is 0. The van der Waals surface area contributed by atoms with Gasteiger partial charge in [-0.2, -0.15) is 5.48 Å². The van der Waals surface area contributed by atoms with Gasteiger partial charge in [-0.15, -0.1) is 0 Å². The first-order chi connectivity index (χ1) is 7.20. The molecule has 0 radical (unpaired) electrons. The van der Waals surface area contributed by atoms with Crippen LogP contribution < -0.4 is 10.8 Å². The number of nitrogens with one attached hydrogen (secondary N) is 2. The van der Waals surface area contributed by atoms with E-state index < -0.39 is 12.0 Å². The average molecular weight is 216 g/mol. The van der Waals surface area contributed by atoms with Gasteiger partial charge in [0.05, 0.1) is 0 Å². The van der Waals surface area contributed by atoms with E-state index in [-0.39, 0.29) is 0 Å². The Kier molecular flexibility index (Phi) is 8.52. The smallest absolute Gasteiger partial charge is 0.339 e. The Balaban J connectivity index is 3.30. The van der Waals surface area contributed by atoms with Crippen LogP contribution in [0.25, 0.3) is 0 Å². The second kappa shape index (κ2) is 9.30. The third-order valence-corrected chi connectivity index (χ3v) is 1.97. The van der Waals surface area contributed by atoms with E-state index in [2.05, 4.69) is 17.1 Å². The number of urea groups is 1.